The predicted molar refractivity (Wildman–Crippen MR) is 115 cm³/mol. The van der Waals surface area contributed by atoms with Gasteiger partial charge in [0.1, 0.15) is 5.75 Å². The fourth-order valence-electron chi connectivity index (χ4n) is 3.29. The molecule has 1 saturated heterocycles. The summed E-state index contributed by atoms with van der Waals surface area (Å²) in [6, 6.07) is 26.1. The summed E-state index contributed by atoms with van der Waals surface area (Å²) in [5.41, 5.74) is 4.48. The maximum absolute atomic E-state index is 11.8. The first-order valence-electron chi connectivity index (χ1n) is 10.1. The molecule has 0 aliphatic carbocycles. The largest absolute Gasteiger partial charge is 0.493 e. The van der Waals surface area contributed by atoms with Crippen LogP contribution < -0.4 is 4.74 Å². The first kappa shape index (κ1) is 20.3. The van der Waals surface area contributed by atoms with Crippen molar-refractivity contribution in [2.45, 2.75) is 19.3 Å². The number of nitrogens with zero attached hydrogens (tertiary/aromatic N) is 1. The molecule has 31 heavy (non-hydrogen) atoms. The number of hydrogen-bond donors (Lipinski definition) is 0. The van der Waals surface area contributed by atoms with Gasteiger partial charge in [-0.25, -0.2) is 4.79 Å². The topological polar surface area (TPSA) is 72.9 Å². The molecule has 1 fully saturated rings. The molecule has 2 amide bonds. The third-order valence-corrected chi connectivity index (χ3v) is 4.95. The van der Waals surface area contributed by atoms with Gasteiger partial charge in [-0.15, -0.1) is 5.06 Å². The van der Waals surface area contributed by atoms with Gasteiger partial charge in [0, 0.05) is 12.8 Å². The third kappa shape index (κ3) is 4.98. The van der Waals surface area contributed by atoms with E-state index in [1.807, 2.05) is 42.5 Å². The normalized spacial score (nSPS) is 13.4. The molecule has 0 bridgehead atoms. The molecule has 0 radical (unpaired) electrons. The Morgan fingerprint density at radius 1 is 0.710 bits per heavy atom. The Hall–Kier alpha value is -3.93. The van der Waals surface area contributed by atoms with Gasteiger partial charge >= 0.3 is 5.97 Å². The lowest BCUT2D eigenvalue weighted by Gasteiger charge is -2.13. The van der Waals surface area contributed by atoms with Gasteiger partial charge in [0.25, 0.3) is 11.8 Å². The van der Waals surface area contributed by atoms with Crippen molar-refractivity contribution >= 4 is 17.8 Å². The van der Waals surface area contributed by atoms with E-state index >= 15 is 0 Å². The Bertz CT molecular complexity index is 1060. The average molecular weight is 415 g/mol. The maximum atomic E-state index is 11.8. The van der Waals surface area contributed by atoms with Crippen molar-refractivity contribution < 1.29 is 24.0 Å². The molecule has 0 spiro atoms. The van der Waals surface area contributed by atoms with Gasteiger partial charge in [0.2, 0.25) is 0 Å². The van der Waals surface area contributed by atoms with Crippen LogP contribution in [0.5, 0.6) is 5.75 Å². The molecular weight excluding hydrogens is 394 g/mol. The molecule has 0 atom stereocenters. The molecule has 4 rings (SSSR count). The van der Waals surface area contributed by atoms with Crippen molar-refractivity contribution in [3.8, 4) is 28.0 Å². The molecule has 3 aromatic rings. The SMILES string of the molecule is O=C(CCOc1ccc(-c2ccc(-c3ccccc3)cc2)cc1)ON1C(=O)CCC1=O. The van der Waals surface area contributed by atoms with E-state index in [9.17, 15) is 14.4 Å². The fourth-order valence-corrected chi connectivity index (χ4v) is 3.29. The highest BCUT2D eigenvalue weighted by atomic mass is 16.7. The monoisotopic (exact) mass is 415 g/mol. The molecule has 0 unspecified atom stereocenters. The zero-order valence-corrected chi connectivity index (χ0v) is 16.8. The predicted octanol–water partition coefficient (Wildman–Crippen LogP) is 4.40. The van der Waals surface area contributed by atoms with Crippen molar-refractivity contribution in [1.29, 1.82) is 0 Å². The van der Waals surface area contributed by atoms with Crippen LogP contribution in [-0.2, 0) is 19.2 Å². The summed E-state index contributed by atoms with van der Waals surface area (Å²) in [4.78, 5) is 39.5. The van der Waals surface area contributed by atoms with E-state index < -0.39 is 17.8 Å². The van der Waals surface area contributed by atoms with Crippen molar-refractivity contribution in [2.24, 2.45) is 0 Å². The minimum Gasteiger partial charge on any atom is -0.493 e. The van der Waals surface area contributed by atoms with Crippen molar-refractivity contribution in [3.63, 3.8) is 0 Å². The van der Waals surface area contributed by atoms with Crippen LogP contribution in [0.15, 0.2) is 78.9 Å². The minimum absolute atomic E-state index is 0.0697. The molecule has 0 aromatic heterocycles. The van der Waals surface area contributed by atoms with Gasteiger partial charge in [-0.05, 0) is 34.4 Å². The Morgan fingerprint density at radius 3 is 1.74 bits per heavy atom. The Kier molecular flexibility index (Phi) is 6.08. The second-order valence-corrected chi connectivity index (χ2v) is 7.11. The van der Waals surface area contributed by atoms with Gasteiger partial charge in [-0.3, -0.25) is 9.59 Å². The average Bonchev–Trinajstić information content (AvgIpc) is 3.12. The highest BCUT2D eigenvalue weighted by molar-refractivity contribution is 6.01. The lowest BCUT2D eigenvalue weighted by molar-refractivity contribution is -0.197. The van der Waals surface area contributed by atoms with Crippen LogP contribution in [-0.4, -0.2) is 29.5 Å². The van der Waals surface area contributed by atoms with E-state index in [1.165, 1.54) is 5.56 Å². The number of hydroxylamine groups is 2. The van der Waals surface area contributed by atoms with E-state index in [0.29, 0.717) is 10.8 Å². The second-order valence-electron chi connectivity index (χ2n) is 7.11. The molecule has 0 N–H and O–H groups in total. The van der Waals surface area contributed by atoms with Crippen LogP contribution >= 0.6 is 0 Å². The van der Waals surface area contributed by atoms with Crippen LogP contribution in [0, 0.1) is 0 Å². The molecule has 1 aliphatic heterocycles. The number of rotatable bonds is 7. The highest BCUT2D eigenvalue weighted by Gasteiger charge is 2.32. The van der Waals surface area contributed by atoms with E-state index in [0.717, 1.165) is 16.7 Å². The number of benzene rings is 3. The second kappa shape index (κ2) is 9.26. The maximum Gasteiger partial charge on any atom is 0.336 e. The minimum atomic E-state index is -0.682. The number of amides is 2. The first-order valence-corrected chi connectivity index (χ1v) is 10.1. The summed E-state index contributed by atoms with van der Waals surface area (Å²) >= 11 is 0. The van der Waals surface area contributed by atoms with Crippen LogP contribution in [0.4, 0.5) is 0 Å². The van der Waals surface area contributed by atoms with Crippen LogP contribution in [0.1, 0.15) is 19.3 Å². The Morgan fingerprint density at radius 2 is 1.19 bits per heavy atom. The lowest BCUT2D eigenvalue weighted by Crippen LogP contribution is -2.32. The van der Waals surface area contributed by atoms with Crippen molar-refractivity contribution in [3.05, 3.63) is 78.9 Å². The summed E-state index contributed by atoms with van der Waals surface area (Å²) in [5, 5.41) is 0.542. The van der Waals surface area contributed by atoms with Gasteiger partial charge < -0.3 is 9.57 Å². The number of imide groups is 1. The molecule has 3 aromatic carbocycles. The number of carbonyl (C=O) groups excluding carboxylic acids is 3. The van der Waals surface area contributed by atoms with Crippen LogP contribution in [0.3, 0.4) is 0 Å². The van der Waals surface area contributed by atoms with E-state index in [2.05, 4.69) is 36.4 Å². The van der Waals surface area contributed by atoms with Crippen molar-refractivity contribution in [2.75, 3.05) is 6.61 Å². The zero-order chi connectivity index (χ0) is 21.6. The number of ether oxygens (including phenoxy) is 1. The standard InChI is InChI=1S/C25H21NO5/c27-23-14-15-24(28)26(23)31-25(29)16-17-30-22-12-10-21(11-13-22)20-8-6-19(7-9-20)18-4-2-1-3-5-18/h1-13H,14-17H2. The van der Waals surface area contributed by atoms with E-state index in [1.54, 1.807) is 0 Å². The lowest BCUT2D eigenvalue weighted by atomic mass is 10.0. The summed E-state index contributed by atoms with van der Waals surface area (Å²) in [5.74, 6) is -1.05. The van der Waals surface area contributed by atoms with Crippen molar-refractivity contribution in [1.82, 2.24) is 5.06 Å². The molecule has 156 valence electrons. The van der Waals surface area contributed by atoms with E-state index in [4.69, 9.17) is 9.57 Å². The molecule has 6 nitrogen and oxygen atoms in total. The van der Waals surface area contributed by atoms with Gasteiger partial charge in [-0.1, -0.05) is 66.7 Å². The third-order valence-electron chi connectivity index (χ3n) is 4.95. The summed E-state index contributed by atoms with van der Waals surface area (Å²) in [7, 11) is 0. The zero-order valence-electron chi connectivity index (χ0n) is 16.8. The quantitative estimate of drug-likeness (QED) is 0.535. The molecule has 6 heteroatoms. The molecular formula is C25H21NO5. The van der Waals surface area contributed by atoms with E-state index in [-0.39, 0.29) is 25.9 Å². The number of carbonyl (C=O) groups is 3. The smallest absolute Gasteiger partial charge is 0.336 e. The number of hydrogen-bond acceptors (Lipinski definition) is 5. The van der Waals surface area contributed by atoms with Gasteiger partial charge in [0.05, 0.1) is 13.0 Å². The van der Waals surface area contributed by atoms with Crippen LogP contribution in [0.2, 0.25) is 0 Å². The Balaban J connectivity index is 1.29. The fraction of sp³-hybridized carbons (Fsp3) is 0.160. The molecule has 1 aliphatic rings. The summed E-state index contributed by atoms with van der Waals surface area (Å²) in [6.07, 6.45) is 0.0770. The van der Waals surface area contributed by atoms with Crippen LogP contribution in [0.25, 0.3) is 22.3 Å². The summed E-state index contributed by atoms with van der Waals surface area (Å²) < 4.78 is 5.57. The molecule has 0 saturated carbocycles. The highest BCUT2D eigenvalue weighted by Crippen LogP contribution is 2.26. The van der Waals surface area contributed by atoms with Gasteiger partial charge in [0.15, 0.2) is 0 Å². The van der Waals surface area contributed by atoms with Gasteiger partial charge in [-0.2, -0.15) is 0 Å². The Labute approximate surface area is 180 Å². The summed E-state index contributed by atoms with van der Waals surface area (Å²) in [6.45, 7) is 0.0835. The molecule has 1 heterocycles. The first-order chi connectivity index (χ1) is 15.1.